The van der Waals surface area contributed by atoms with Crippen LogP contribution >= 0.6 is 0 Å². The Labute approximate surface area is 90.2 Å². The lowest BCUT2D eigenvalue weighted by atomic mass is 9.94. The van der Waals surface area contributed by atoms with Crippen LogP contribution in [0.5, 0.6) is 0 Å². The van der Waals surface area contributed by atoms with Crippen molar-refractivity contribution in [2.45, 2.75) is 13.3 Å². The number of rotatable bonds is 2. The zero-order valence-electron chi connectivity index (χ0n) is 8.87. The van der Waals surface area contributed by atoms with E-state index in [0.29, 0.717) is 11.8 Å². The fourth-order valence-electron chi connectivity index (χ4n) is 1.53. The summed E-state index contributed by atoms with van der Waals surface area (Å²) in [5.41, 5.74) is 0. The molecule has 3 nitrogen and oxygen atoms in total. The van der Waals surface area contributed by atoms with Crippen LogP contribution in [0.3, 0.4) is 0 Å². The number of nitrogens with zero attached hydrogens (tertiary/aromatic N) is 3. The van der Waals surface area contributed by atoms with Crippen molar-refractivity contribution in [1.82, 2.24) is 5.01 Å². The minimum atomic E-state index is 0.303. The van der Waals surface area contributed by atoms with E-state index >= 15 is 0 Å². The van der Waals surface area contributed by atoms with Gasteiger partial charge in [0.05, 0.1) is 0 Å². The largest absolute Gasteiger partial charge is 0.241 e. The molecule has 0 amide bonds. The van der Waals surface area contributed by atoms with Gasteiger partial charge in [-0.15, -0.1) is 6.58 Å². The van der Waals surface area contributed by atoms with Crippen molar-refractivity contribution in [1.29, 1.82) is 0 Å². The molecule has 0 aromatic carbocycles. The van der Waals surface area contributed by atoms with Gasteiger partial charge in [-0.25, -0.2) is 10.0 Å². The maximum absolute atomic E-state index is 4.36. The van der Waals surface area contributed by atoms with Gasteiger partial charge in [-0.3, -0.25) is 0 Å². The highest BCUT2D eigenvalue weighted by Crippen LogP contribution is 2.22. The zero-order chi connectivity index (χ0) is 10.7. The average molecular weight is 201 g/mol. The van der Waals surface area contributed by atoms with Crippen molar-refractivity contribution in [3.63, 3.8) is 0 Å². The summed E-state index contributed by atoms with van der Waals surface area (Å²) in [5, 5.41) is 6.16. The molecule has 0 saturated heterocycles. The molecule has 2 rings (SSSR count). The lowest BCUT2D eigenvalue weighted by Gasteiger charge is -2.23. The maximum Gasteiger partial charge on any atom is 0.149 e. The SMILES string of the molecule is C=CC(C)C1C=NN2C=CCC=NC2=C1. The lowest BCUT2D eigenvalue weighted by Crippen LogP contribution is -2.20. The summed E-state index contributed by atoms with van der Waals surface area (Å²) >= 11 is 0. The number of aliphatic imine (C=N–C) groups is 1. The van der Waals surface area contributed by atoms with E-state index in [2.05, 4.69) is 29.7 Å². The predicted molar refractivity (Wildman–Crippen MR) is 63.5 cm³/mol. The van der Waals surface area contributed by atoms with Crippen molar-refractivity contribution < 1.29 is 0 Å². The van der Waals surface area contributed by atoms with Crippen LogP contribution < -0.4 is 0 Å². The van der Waals surface area contributed by atoms with Gasteiger partial charge in [0.2, 0.25) is 0 Å². The van der Waals surface area contributed by atoms with Gasteiger partial charge in [0.15, 0.2) is 0 Å². The fraction of sp³-hybridized carbons (Fsp3) is 0.333. The number of hydrogen-bond acceptors (Lipinski definition) is 3. The number of hydrazone groups is 1. The van der Waals surface area contributed by atoms with E-state index in [0.717, 1.165) is 12.2 Å². The topological polar surface area (TPSA) is 28.0 Å². The molecule has 3 heteroatoms. The second-order valence-corrected chi connectivity index (χ2v) is 3.74. The van der Waals surface area contributed by atoms with Gasteiger partial charge >= 0.3 is 0 Å². The van der Waals surface area contributed by atoms with Crippen LogP contribution in [0.25, 0.3) is 0 Å². The highest BCUT2D eigenvalue weighted by Gasteiger charge is 2.18. The Kier molecular flexibility index (Phi) is 2.81. The molecule has 0 aromatic heterocycles. The van der Waals surface area contributed by atoms with Crippen LogP contribution in [0.1, 0.15) is 13.3 Å². The van der Waals surface area contributed by atoms with E-state index in [9.17, 15) is 0 Å². The van der Waals surface area contributed by atoms with Crippen LogP contribution in [0.4, 0.5) is 0 Å². The molecule has 0 fully saturated rings. The van der Waals surface area contributed by atoms with Gasteiger partial charge in [0, 0.05) is 31.0 Å². The van der Waals surface area contributed by atoms with Crippen molar-refractivity contribution >= 4 is 12.4 Å². The van der Waals surface area contributed by atoms with Crippen molar-refractivity contribution in [2.24, 2.45) is 21.9 Å². The molecule has 0 N–H and O–H groups in total. The van der Waals surface area contributed by atoms with Crippen LogP contribution in [-0.4, -0.2) is 17.4 Å². The Hall–Kier alpha value is -1.64. The number of allylic oxidation sites excluding steroid dienone is 3. The standard InChI is InChI=1S/C12H15N3/c1-3-10(2)11-8-12-13-6-4-5-7-15(12)14-9-11/h3,5-11H,1,4H2,2H3. The van der Waals surface area contributed by atoms with Gasteiger partial charge in [-0.05, 0) is 12.0 Å². The molecule has 0 spiro atoms. The molecule has 78 valence electrons. The van der Waals surface area contributed by atoms with Crippen LogP contribution in [-0.2, 0) is 0 Å². The van der Waals surface area contributed by atoms with Crippen LogP contribution in [0.15, 0.2) is 46.9 Å². The average Bonchev–Trinajstić information content (AvgIpc) is 2.51. The minimum absolute atomic E-state index is 0.303. The Morgan fingerprint density at radius 3 is 3.33 bits per heavy atom. The highest BCUT2D eigenvalue weighted by molar-refractivity contribution is 5.67. The van der Waals surface area contributed by atoms with E-state index < -0.39 is 0 Å². The van der Waals surface area contributed by atoms with E-state index in [4.69, 9.17) is 0 Å². The lowest BCUT2D eigenvalue weighted by molar-refractivity contribution is 0.463. The summed E-state index contributed by atoms with van der Waals surface area (Å²) in [6.07, 6.45) is 12.8. The van der Waals surface area contributed by atoms with Crippen molar-refractivity contribution in [2.75, 3.05) is 0 Å². The molecular weight excluding hydrogens is 186 g/mol. The molecule has 2 unspecified atom stereocenters. The predicted octanol–water partition coefficient (Wildman–Crippen LogP) is 2.56. The van der Waals surface area contributed by atoms with Gasteiger partial charge in [0.1, 0.15) is 5.82 Å². The molecule has 2 heterocycles. The minimum Gasteiger partial charge on any atom is -0.241 e. The molecule has 2 aliphatic rings. The molecule has 0 aromatic rings. The molecule has 2 aliphatic heterocycles. The molecule has 0 radical (unpaired) electrons. The van der Waals surface area contributed by atoms with Gasteiger partial charge < -0.3 is 0 Å². The normalized spacial score (nSPS) is 25.5. The van der Waals surface area contributed by atoms with E-state index in [1.807, 2.05) is 30.8 Å². The Balaban J connectivity index is 2.24. The van der Waals surface area contributed by atoms with E-state index in [1.54, 1.807) is 5.01 Å². The van der Waals surface area contributed by atoms with Gasteiger partial charge in [-0.2, -0.15) is 5.10 Å². The van der Waals surface area contributed by atoms with Crippen molar-refractivity contribution in [3.05, 3.63) is 36.8 Å². The quantitative estimate of drug-likeness (QED) is 0.631. The van der Waals surface area contributed by atoms with E-state index in [-0.39, 0.29) is 0 Å². The second-order valence-electron chi connectivity index (χ2n) is 3.74. The zero-order valence-corrected chi connectivity index (χ0v) is 8.87. The summed E-state index contributed by atoms with van der Waals surface area (Å²) < 4.78 is 0. The summed E-state index contributed by atoms with van der Waals surface area (Å²) in [6.45, 7) is 5.93. The second kappa shape index (κ2) is 4.26. The first-order valence-corrected chi connectivity index (χ1v) is 5.18. The molecule has 15 heavy (non-hydrogen) atoms. The summed E-state index contributed by atoms with van der Waals surface area (Å²) in [6, 6.07) is 0. The van der Waals surface area contributed by atoms with Crippen LogP contribution in [0, 0.1) is 11.8 Å². The van der Waals surface area contributed by atoms with E-state index in [1.165, 1.54) is 0 Å². The summed E-state index contributed by atoms with van der Waals surface area (Å²) in [5.74, 6) is 1.60. The first-order chi connectivity index (χ1) is 7.31. The molecule has 2 atom stereocenters. The third kappa shape index (κ3) is 2.06. The van der Waals surface area contributed by atoms with Gasteiger partial charge in [-0.1, -0.05) is 19.1 Å². The third-order valence-corrected chi connectivity index (χ3v) is 2.63. The van der Waals surface area contributed by atoms with Crippen LogP contribution in [0.2, 0.25) is 0 Å². The fourth-order valence-corrected chi connectivity index (χ4v) is 1.53. The van der Waals surface area contributed by atoms with Crippen molar-refractivity contribution in [3.8, 4) is 0 Å². The smallest absolute Gasteiger partial charge is 0.149 e. The Morgan fingerprint density at radius 1 is 1.67 bits per heavy atom. The molecular formula is C12H15N3. The first-order valence-electron chi connectivity index (χ1n) is 5.18. The van der Waals surface area contributed by atoms with Gasteiger partial charge in [0.25, 0.3) is 0 Å². The first kappa shape index (κ1) is 9.90. The maximum atomic E-state index is 4.36. The molecule has 0 bridgehead atoms. The highest BCUT2D eigenvalue weighted by atomic mass is 15.5. The number of fused-ring (bicyclic) bond motifs is 1. The molecule has 0 aliphatic carbocycles. The molecule has 0 saturated carbocycles. The summed E-state index contributed by atoms with van der Waals surface area (Å²) in [4.78, 5) is 4.36. The number of hydrogen-bond donors (Lipinski definition) is 0. The Morgan fingerprint density at radius 2 is 2.53 bits per heavy atom. The Bertz CT molecular complexity index is 363. The summed E-state index contributed by atoms with van der Waals surface area (Å²) in [7, 11) is 0. The third-order valence-electron chi connectivity index (χ3n) is 2.63. The monoisotopic (exact) mass is 201 g/mol.